The number of benzene rings is 1. The third kappa shape index (κ3) is 3.66. The number of carbonyl (C=O) groups is 1. The van der Waals surface area contributed by atoms with Crippen LogP contribution in [-0.4, -0.2) is 44.1 Å². The lowest BCUT2D eigenvalue weighted by Crippen LogP contribution is -2.36. The molecule has 1 heterocycles. The Balaban J connectivity index is 2.22. The molecule has 1 fully saturated rings. The van der Waals surface area contributed by atoms with Gasteiger partial charge in [0.1, 0.15) is 5.75 Å². The number of ether oxygens (including phenoxy) is 1. The molecule has 4 nitrogen and oxygen atoms in total. The highest BCUT2D eigenvalue weighted by Crippen LogP contribution is 2.32. The molecule has 1 aliphatic heterocycles. The summed E-state index contributed by atoms with van der Waals surface area (Å²) in [5.41, 5.74) is -0.959. The second-order valence-corrected chi connectivity index (χ2v) is 5.13. The minimum Gasteiger partial charge on any atom is -0.496 e. The molecule has 1 N–H and O–H groups in total. The molecule has 1 atom stereocenters. The predicted molar refractivity (Wildman–Crippen MR) is 71.4 cm³/mol. The van der Waals surface area contributed by atoms with Gasteiger partial charge in [0.05, 0.1) is 18.2 Å². The summed E-state index contributed by atoms with van der Waals surface area (Å²) in [7, 11) is 3.25. The first-order valence-corrected chi connectivity index (χ1v) is 6.56. The molecule has 7 heteroatoms. The van der Waals surface area contributed by atoms with E-state index in [0.717, 1.165) is 25.1 Å². The zero-order chi connectivity index (χ0) is 15.6. The number of nitrogens with one attached hydrogen (secondary N) is 1. The summed E-state index contributed by atoms with van der Waals surface area (Å²) in [6, 6.07) is 2.84. The van der Waals surface area contributed by atoms with Crippen molar-refractivity contribution in [3.63, 3.8) is 0 Å². The first-order chi connectivity index (χ1) is 9.81. The van der Waals surface area contributed by atoms with E-state index in [2.05, 4.69) is 5.32 Å². The molecule has 1 aromatic carbocycles. The van der Waals surface area contributed by atoms with Crippen LogP contribution in [0.5, 0.6) is 5.75 Å². The molecule has 2 rings (SSSR count). The van der Waals surface area contributed by atoms with E-state index in [1.54, 1.807) is 0 Å². The van der Waals surface area contributed by atoms with Crippen LogP contribution in [0.15, 0.2) is 18.2 Å². The van der Waals surface area contributed by atoms with Crippen LogP contribution in [0.1, 0.15) is 22.3 Å². The van der Waals surface area contributed by atoms with Gasteiger partial charge in [-0.15, -0.1) is 0 Å². The summed E-state index contributed by atoms with van der Waals surface area (Å²) in [6.45, 7) is 1.54. The monoisotopic (exact) mass is 302 g/mol. The molecule has 1 saturated heterocycles. The first kappa shape index (κ1) is 15.6. The highest BCUT2D eigenvalue weighted by Gasteiger charge is 2.32. The standard InChI is InChI=1S/C14H17F3N2O2/c1-19-6-5-10(8-19)18-13(20)11-7-9(14(15,16)17)3-4-12(11)21-2/h3-4,7,10H,5-6,8H2,1-2H3,(H,18,20). The molecule has 0 radical (unpaired) electrons. The maximum atomic E-state index is 12.7. The van der Waals surface area contributed by atoms with E-state index in [1.165, 1.54) is 13.2 Å². The normalized spacial score (nSPS) is 19.6. The van der Waals surface area contributed by atoms with Crippen molar-refractivity contribution in [3.05, 3.63) is 29.3 Å². The maximum absolute atomic E-state index is 12.7. The number of likely N-dealkylation sites (N-methyl/N-ethyl adjacent to an activating group) is 1. The van der Waals surface area contributed by atoms with Crippen molar-refractivity contribution in [2.24, 2.45) is 0 Å². The molecule has 1 aromatic rings. The van der Waals surface area contributed by atoms with Crippen molar-refractivity contribution in [1.29, 1.82) is 0 Å². The van der Waals surface area contributed by atoms with Gasteiger partial charge in [-0.1, -0.05) is 0 Å². The minimum absolute atomic E-state index is 0.0539. The van der Waals surface area contributed by atoms with Gasteiger partial charge in [0.15, 0.2) is 0 Å². The van der Waals surface area contributed by atoms with Crippen LogP contribution in [0.4, 0.5) is 13.2 Å². The summed E-state index contributed by atoms with van der Waals surface area (Å²) < 4.78 is 43.2. The average Bonchev–Trinajstić information content (AvgIpc) is 2.82. The maximum Gasteiger partial charge on any atom is 0.416 e. The van der Waals surface area contributed by atoms with Gasteiger partial charge in [-0.2, -0.15) is 13.2 Å². The Labute approximate surface area is 120 Å². The van der Waals surface area contributed by atoms with Crippen molar-refractivity contribution < 1.29 is 22.7 Å². The Bertz CT molecular complexity index is 531. The van der Waals surface area contributed by atoms with Crippen molar-refractivity contribution in [2.75, 3.05) is 27.2 Å². The molecule has 21 heavy (non-hydrogen) atoms. The zero-order valence-corrected chi connectivity index (χ0v) is 11.8. The largest absolute Gasteiger partial charge is 0.496 e. The number of alkyl halides is 3. The van der Waals surface area contributed by atoms with Crippen LogP contribution < -0.4 is 10.1 Å². The van der Waals surface area contributed by atoms with E-state index in [-0.39, 0.29) is 17.4 Å². The van der Waals surface area contributed by atoms with Gasteiger partial charge in [-0.25, -0.2) is 0 Å². The number of methoxy groups -OCH3 is 1. The molecule has 0 aliphatic carbocycles. The Kier molecular flexibility index (Phi) is 4.41. The summed E-state index contributed by atoms with van der Waals surface area (Å²) in [6.07, 6.45) is -3.71. The van der Waals surface area contributed by atoms with Gasteiger partial charge >= 0.3 is 6.18 Å². The number of halogens is 3. The number of amides is 1. The molecule has 0 saturated carbocycles. The molecule has 0 aromatic heterocycles. The van der Waals surface area contributed by atoms with E-state index in [4.69, 9.17) is 4.74 Å². The van der Waals surface area contributed by atoms with Crippen LogP contribution in [0.3, 0.4) is 0 Å². The zero-order valence-electron chi connectivity index (χ0n) is 11.8. The fourth-order valence-electron chi connectivity index (χ4n) is 2.38. The average molecular weight is 302 g/mol. The molecule has 1 aliphatic rings. The lowest BCUT2D eigenvalue weighted by atomic mass is 10.1. The summed E-state index contributed by atoms with van der Waals surface area (Å²) in [5, 5.41) is 2.75. The topological polar surface area (TPSA) is 41.6 Å². The number of carbonyl (C=O) groups excluding carboxylic acids is 1. The van der Waals surface area contributed by atoms with E-state index < -0.39 is 17.6 Å². The molecular weight excluding hydrogens is 285 g/mol. The Morgan fingerprint density at radius 3 is 2.67 bits per heavy atom. The number of hydrogen-bond donors (Lipinski definition) is 1. The predicted octanol–water partition coefficient (Wildman–Crippen LogP) is 2.15. The molecule has 0 spiro atoms. The van der Waals surface area contributed by atoms with Gasteiger partial charge in [0.2, 0.25) is 0 Å². The van der Waals surface area contributed by atoms with Gasteiger partial charge in [-0.05, 0) is 38.2 Å². The Morgan fingerprint density at radius 2 is 2.14 bits per heavy atom. The molecular formula is C14H17F3N2O2. The lowest BCUT2D eigenvalue weighted by Gasteiger charge is -2.16. The van der Waals surface area contributed by atoms with Gasteiger partial charge < -0.3 is 15.0 Å². The second-order valence-electron chi connectivity index (χ2n) is 5.13. The van der Waals surface area contributed by atoms with Crippen molar-refractivity contribution >= 4 is 5.91 Å². The summed E-state index contributed by atoms with van der Waals surface area (Å²) in [5.74, 6) is -0.412. The van der Waals surface area contributed by atoms with Crippen LogP contribution >= 0.6 is 0 Å². The van der Waals surface area contributed by atoms with Gasteiger partial charge in [-0.3, -0.25) is 4.79 Å². The lowest BCUT2D eigenvalue weighted by molar-refractivity contribution is -0.137. The van der Waals surface area contributed by atoms with Gasteiger partial charge in [0.25, 0.3) is 5.91 Å². The fourth-order valence-corrected chi connectivity index (χ4v) is 2.38. The number of rotatable bonds is 3. The van der Waals surface area contributed by atoms with Gasteiger partial charge in [0, 0.05) is 12.6 Å². The van der Waals surface area contributed by atoms with Crippen molar-refractivity contribution in [1.82, 2.24) is 10.2 Å². The van der Waals surface area contributed by atoms with E-state index in [9.17, 15) is 18.0 Å². The highest BCUT2D eigenvalue weighted by atomic mass is 19.4. The molecule has 116 valence electrons. The third-order valence-electron chi connectivity index (χ3n) is 3.50. The van der Waals surface area contributed by atoms with E-state index >= 15 is 0 Å². The van der Waals surface area contributed by atoms with E-state index in [1.807, 2.05) is 11.9 Å². The highest BCUT2D eigenvalue weighted by molar-refractivity contribution is 5.97. The minimum atomic E-state index is -4.49. The van der Waals surface area contributed by atoms with Crippen LogP contribution in [0.25, 0.3) is 0 Å². The fraction of sp³-hybridized carbons (Fsp3) is 0.500. The number of nitrogens with zero attached hydrogens (tertiary/aromatic N) is 1. The summed E-state index contributed by atoms with van der Waals surface area (Å²) >= 11 is 0. The van der Waals surface area contributed by atoms with E-state index in [0.29, 0.717) is 6.54 Å². The quantitative estimate of drug-likeness (QED) is 0.930. The molecule has 0 bridgehead atoms. The van der Waals surface area contributed by atoms with Crippen molar-refractivity contribution in [2.45, 2.75) is 18.6 Å². The van der Waals surface area contributed by atoms with Crippen LogP contribution in [-0.2, 0) is 6.18 Å². The van der Waals surface area contributed by atoms with Crippen LogP contribution in [0.2, 0.25) is 0 Å². The molecule has 1 unspecified atom stereocenters. The SMILES string of the molecule is COc1ccc(C(F)(F)F)cc1C(=O)NC1CCN(C)C1. The smallest absolute Gasteiger partial charge is 0.416 e. The van der Waals surface area contributed by atoms with Crippen LogP contribution in [0, 0.1) is 0 Å². The Hall–Kier alpha value is -1.76. The molecule has 1 amide bonds. The summed E-state index contributed by atoms with van der Waals surface area (Å²) in [4.78, 5) is 14.2. The second kappa shape index (κ2) is 5.93. The number of likely N-dealkylation sites (tertiary alicyclic amines) is 1. The van der Waals surface area contributed by atoms with Crippen molar-refractivity contribution in [3.8, 4) is 5.75 Å². The first-order valence-electron chi connectivity index (χ1n) is 6.56. The Morgan fingerprint density at radius 1 is 1.43 bits per heavy atom. The third-order valence-corrected chi connectivity index (χ3v) is 3.50. The number of hydrogen-bond acceptors (Lipinski definition) is 3.